The Bertz CT molecular complexity index is 856. The van der Waals surface area contributed by atoms with Crippen LogP contribution in [0.25, 0.3) is 0 Å². The van der Waals surface area contributed by atoms with Gasteiger partial charge in [-0.2, -0.15) is 0 Å². The lowest BCUT2D eigenvalue weighted by Crippen LogP contribution is -2.36. The molecule has 1 aliphatic carbocycles. The maximum atomic E-state index is 11.1. The van der Waals surface area contributed by atoms with Crippen molar-refractivity contribution in [2.24, 2.45) is 10.7 Å². The van der Waals surface area contributed by atoms with Crippen molar-refractivity contribution in [2.75, 3.05) is 14.2 Å². The molecule has 1 fully saturated rings. The first kappa shape index (κ1) is 20.6. The van der Waals surface area contributed by atoms with Gasteiger partial charge in [-0.05, 0) is 49.9 Å². The molecule has 1 amide bonds. The highest BCUT2D eigenvalue weighted by molar-refractivity contribution is 5.89. The fraction of sp³-hybridized carbons (Fsp3) is 0.429. The van der Waals surface area contributed by atoms with Crippen molar-refractivity contribution in [1.82, 2.24) is 10.6 Å². The van der Waals surface area contributed by atoms with Crippen LogP contribution in [0.2, 0.25) is 0 Å². The van der Waals surface area contributed by atoms with Gasteiger partial charge in [0, 0.05) is 25.2 Å². The van der Waals surface area contributed by atoms with Gasteiger partial charge in [-0.1, -0.05) is 0 Å². The quantitative estimate of drug-likeness (QED) is 0.464. The fourth-order valence-corrected chi connectivity index (χ4v) is 3.28. The molecule has 0 spiro atoms. The van der Waals surface area contributed by atoms with Crippen molar-refractivity contribution in [1.29, 1.82) is 0 Å². The number of carbonyl (C=O) groups is 1. The molecule has 156 valence electrons. The summed E-state index contributed by atoms with van der Waals surface area (Å²) in [4.78, 5) is 15.3. The number of primary amides is 1. The molecule has 1 aliphatic rings. The summed E-state index contributed by atoms with van der Waals surface area (Å²) in [5, 5.41) is 6.42. The van der Waals surface area contributed by atoms with Crippen molar-refractivity contribution >= 4 is 11.9 Å². The molecule has 1 aromatic carbocycles. The van der Waals surface area contributed by atoms with Gasteiger partial charge in [0.25, 0.3) is 5.91 Å². The van der Waals surface area contributed by atoms with Crippen molar-refractivity contribution in [3.63, 3.8) is 0 Å². The van der Waals surface area contributed by atoms with E-state index in [2.05, 4.69) is 15.6 Å². The molecule has 0 saturated heterocycles. The van der Waals surface area contributed by atoms with E-state index in [9.17, 15) is 4.79 Å². The zero-order valence-electron chi connectivity index (χ0n) is 16.9. The minimum Gasteiger partial charge on any atom is -0.497 e. The second kappa shape index (κ2) is 9.86. The Labute approximate surface area is 170 Å². The van der Waals surface area contributed by atoms with E-state index in [1.54, 1.807) is 26.3 Å². The highest BCUT2D eigenvalue weighted by Gasteiger charge is 2.18. The van der Waals surface area contributed by atoms with Gasteiger partial charge in [-0.15, -0.1) is 0 Å². The van der Waals surface area contributed by atoms with Gasteiger partial charge >= 0.3 is 0 Å². The van der Waals surface area contributed by atoms with Gasteiger partial charge in [0.2, 0.25) is 0 Å². The third-order valence-corrected chi connectivity index (χ3v) is 4.87. The van der Waals surface area contributed by atoms with Crippen LogP contribution in [0.1, 0.15) is 47.6 Å². The average Bonchev–Trinajstić information content (AvgIpc) is 3.41. The molecule has 0 aliphatic heterocycles. The molecule has 0 bridgehead atoms. The lowest BCUT2D eigenvalue weighted by molar-refractivity contribution is 0.0972. The first-order chi connectivity index (χ1) is 14.1. The molecule has 29 heavy (non-hydrogen) atoms. The molecule has 4 N–H and O–H groups in total. The van der Waals surface area contributed by atoms with Crippen molar-refractivity contribution in [2.45, 2.75) is 44.9 Å². The summed E-state index contributed by atoms with van der Waals surface area (Å²) in [6, 6.07) is 9.11. The monoisotopic (exact) mass is 400 g/mol. The number of nitrogens with zero attached hydrogens (tertiary/aromatic N) is 1. The van der Waals surface area contributed by atoms with Gasteiger partial charge in [-0.25, -0.2) is 0 Å². The minimum absolute atomic E-state index is 0.136. The number of rotatable bonds is 8. The van der Waals surface area contributed by atoms with Crippen LogP contribution in [0.3, 0.4) is 0 Å². The summed E-state index contributed by atoms with van der Waals surface area (Å²) < 4.78 is 16.9. The van der Waals surface area contributed by atoms with Crippen LogP contribution in [0.4, 0.5) is 0 Å². The maximum absolute atomic E-state index is 11.1. The molecular weight excluding hydrogens is 372 g/mol. The number of nitrogens with one attached hydrogen (secondary N) is 2. The Morgan fingerprint density at radius 2 is 1.97 bits per heavy atom. The summed E-state index contributed by atoms with van der Waals surface area (Å²) in [6.45, 7) is 0.914. The average molecular weight is 400 g/mol. The van der Waals surface area contributed by atoms with Gasteiger partial charge in [0.15, 0.2) is 11.7 Å². The summed E-state index contributed by atoms with van der Waals surface area (Å²) in [5.41, 5.74) is 6.23. The van der Waals surface area contributed by atoms with E-state index >= 15 is 0 Å². The van der Waals surface area contributed by atoms with E-state index < -0.39 is 5.91 Å². The highest BCUT2D eigenvalue weighted by Crippen LogP contribution is 2.30. The summed E-state index contributed by atoms with van der Waals surface area (Å²) >= 11 is 0. The van der Waals surface area contributed by atoms with Crippen LogP contribution in [0.5, 0.6) is 11.5 Å². The second-order valence-corrected chi connectivity index (χ2v) is 6.91. The number of guanidine groups is 1. The Morgan fingerprint density at radius 3 is 2.62 bits per heavy atom. The van der Waals surface area contributed by atoms with Gasteiger partial charge in [-0.3, -0.25) is 9.79 Å². The normalized spacial score (nSPS) is 14.6. The van der Waals surface area contributed by atoms with Gasteiger partial charge in [0.05, 0.1) is 19.8 Å². The lowest BCUT2D eigenvalue weighted by atomic mass is 10.2. The Kier molecular flexibility index (Phi) is 6.99. The molecule has 1 heterocycles. The zero-order chi connectivity index (χ0) is 20.6. The summed E-state index contributed by atoms with van der Waals surface area (Å²) in [5.74, 6) is 2.34. The fourth-order valence-electron chi connectivity index (χ4n) is 3.28. The van der Waals surface area contributed by atoms with Crippen molar-refractivity contribution < 1.29 is 18.7 Å². The Hall–Kier alpha value is -3.16. The van der Waals surface area contributed by atoms with Crippen LogP contribution in [0, 0.1) is 0 Å². The number of hydrogen-bond acceptors (Lipinski definition) is 5. The summed E-state index contributed by atoms with van der Waals surface area (Å²) in [7, 11) is 3.34. The van der Waals surface area contributed by atoms with Gasteiger partial charge in [0.1, 0.15) is 17.3 Å². The number of furan rings is 1. The zero-order valence-corrected chi connectivity index (χ0v) is 16.9. The first-order valence-corrected chi connectivity index (χ1v) is 9.75. The van der Waals surface area contributed by atoms with Gasteiger partial charge < -0.3 is 30.3 Å². The smallest absolute Gasteiger partial charge is 0.284 e. The third kappa shape index (κ3) is 5.66. The molecule has 1 saturated carbocycles. The Morgan fingerprint density at radius 1 is 1.21 bits per heavy atom. The number of carbonyl (C=O) groups excluding carboxylic acids is 1. The number of amides is 1. The van der Waals surface area contributed by atoms with Crippen LogP contribution in [-0.2, 0) is 13.1 Å². The van der Waals surface area contributed by atoms with Crippen LogP contribution in [0.15, 0.2) is 39.7 Å². The molecule has 0 atom stereocenters. The van der Waals surface area contributed by atoms with E-state index in [-0.39, 0.29) is 11.9 Å². The van der Waals surface area contributed by atoms with Crippen LogP contribution >= 0.6 is 0 Å². The standard InChI is InChI=1S/C21H28N4O4/c1-23-21(25-13-17-9-10-18(29-17)20(22)26)24-12-14-7-8-16(27-2)11-19(14)28-15-5-3-4-6-15/h7-11,15H,3-6,12-13H2,1-2H3,(H2,22,26)(H2,23,24,25). The molecule has 0 radical (unpaired) electrons. The minimum atomic E-state index is -0.590. The van der Waals surface area contributed by atoms with Crippen LogP contribution in [-0.4, -0.2) is 32.1 Å². The molecule has 3 rings (SSSR count). The molecular formula is C21H28N4O4. The van der Waals surface area contributed by atoms with E-state index in [0.29, 0.717) is 24.8 Å². The molecule has 8 heteroatoms. The van der Waals surface area contributed by atoms with E-state index in [1.807, 2.05) is 18.2 Å². The predicted molar refractivity (Wildman–Crippen MR) is 110 cm³/mol. The number of nitrogens with two attached hydrogens (primary N) is 1. The number of benzene rings is 1. The lowest BCUT2D eigenvalue weighted by Gasteiger charge is -2.18. The number of aliphatic imine (C=N–C) groups is 1. The molecule has 0 unspecified atom stereocenters. The van der Waals surface area contributed by atoms with Crippen LogP contribution < -0.4 is 25.8 Å². The topological polar surface area (TPSA) is 111 Å². The Balaban J connectivity index is 1.59. The maximum Gasteiger partial charge on any atom is 0.284 e. The van der Waals surface area contributed by atoms with E-state index in [0.717, 1.165) is 29.9 Å². The molecule has 1 aromatic heterocycles. The second-order valence-electron chi connectivity index (χ2n) is 6.91. The predicted octanol–water partition coefficient (Wildman–Crippen LogP) is 2.57. The molecule has 2 aromatic rings. The van der Waals surface area contributed by atoms with E-state index in [1.165, 1.54) is 12.8 Å². The SMILES string of the molecule is CN=C(NCc1ccc(C(N)=O)o1)NCc1ccc(OC)cc1OC1CCCC1. The largest absolute Gasteiger partial charge is 0.497 e. The molecule has 8 nitrogen and oxygen atoms in total. The number of methoxy groups -OCH3 is 1. The summed E-state index contributed by atoms with van der Waals surface area (Å²) in [6.07, 6.45) is 4.86. The number of hydrogen-bond donors (Lipinski definition) is 3. The number of ether oxygens (including phenoxy) is 2. The van der Waals surface area contributed by atoms with Crippen molar-refractivity contribution in [3.8, 4) is 11.5 Å². The highest BCUT2D eigenvalue weighted by atomic mass is 16.5. The van der Waals surface area contributed by atoms with Crippen molar-refractivity contribution in [3.05, 3.63) is 47.4 Å². The first-order valence-electron chi connectivity index (χ1n) is 9.75. The third-order valence-electron chi connectivity index (χ3n) is 4.87. The van der Waals surface area contributed by atoms with E-state index in [4.69, 9.17) is 19.6 Å².